The number of halogens is 2. The molecule has 0 amide bonds. The second-order valence-corrected chi connectivity index (χ2v) is 5.04. The van der Waals surface area contributed by atoms with E-state index in [9.17, 15) is 13.6 Å². The SMILES string of the molecule is COc1ccc(F)c2c1CCCC2=O.COc1ccc(F)cc1. The molecule has 0 aliphatic heterocycles. The molecule has 3 nitrogen and oxygen atoms in total. The molecule has 0 N–H and O–H groups in total. The van der Waals surface area contributed by atoms with Crippen molar-refractivity contribution in [3.05, 3.63) is 59.2 Å². The van der Waals surface area contributed by atoms with E-state index in [0.29, 0.717) is 17.9 Å². The molecule has 0 spiro atoms. The molecule has 0 fully saturated rings. The van der Waals surface area contributed by atoms with Crippen molar-refractivity contribution in [1.82, 2.24) is 0 Å². The summed E-state index contributed by atoms with van der Waals surface area (Å²) in [5, 5.41) is 0. The highest BCUT2D eigenvalue weighted by atomic mass is 19.1. The van der Waals surface area contributed by atoms with Crippen LogP contribution in [0.1, 0.15) is 28.8 Å². The highest BCUT2D eigenvalue weighted by Crippen LogP contribution is 2.31. The van der Waals surface area contributed by atoms with Gasteiger partial charge in [0.15, 0.2) is 5.78 Å². The first kappa shape index (κ1) is 16.9. The molecule has 122 valence electrons. The van der Waals surface area contributed by atoms with Gasteiger partial charge in [0.1, 0.15) is 23.1 Å². The lowest BCUT2D eigenvalue weighted by Crippen LogP contribution is -2.14. The highest BCUT2D eigenvalue weighted by molar-refractivity contribution is 5.99. The number of rotatable bonds is 2. The monoisotopic (exact) mass is 320 g/mol. The van der Waals surface area contributed by atoms with Gasteiger partial charge in [-0.2, -0.15) is 0 Å². The summed E-state index contributed by atoms with van der Waals surface area (Å²) in [6.07, 6.45) is 1.95. The molecule has 3 rings (SSSR count). The van der Waals surface area contributed by atoms with Crippen molar-refractivity contribution in [1.29, 1.82) is 0 Å². The number of fused-ring (bicyclic) bond motifs is 1. The van der Waals surface area contributed by atoms with Crippen LogP contribution in [0.15, 0.2) is 36.4 Å². The number of hydrogen-bond donors (Lipinski definition) is 0. The van der Waals surface area contributed by atoms with Crippen molar-refractivity contribution in [2.24, 2.45) is 0 Å². The molecular weight excluding hydrogens is 302 g/mol. The molecule has 0 unspecified atom stereocenters. The fraction of sp³-hybridized carbons (Fsp3) is 0.278. The van der Waals surface area contributed by atoms with Crippen molar-refractivity contribution in [2.45, 2.75) is 19.3 Å². The third kappa shape index (κ3) is 4.06. The summed E-state index contributed by atoms with van der Waals surface area (Å²) in [4.78, 5) is 11.5. The van der Waals surface area contributed by atoms with E-state index in [4.69, 9.17) is 9.47 Å². The van der Waals surface area contributed by atoms with Gasteiger partial charge in [-0.1, -0.05) is 0 Å². The zero-order valence-corrected chi connectivity index (χ0v) is 13.1. The molecule has 2 aromatic carbocycles. The minimum absolute atomic E-state index is 0.109. The number of carbonyl (C=O) groups excluding carboxylic acids is 1. The molecule has 0 saturated carbocycles. The first-order chi connectivity index (χ1) is 11.1. The van der Waals surface area contributed by atoms with Crippen LogP contribution < -0.4 is 9.47 Å². The summed E-state index contributed by atoms with van der Waals surface area (Å²) in [5.41, 5.74) is 0.958. The van der Waals surface area contributed by atoms with Gasteiger partial charge < -0.3 is 9.47 Å². The number of methoxy groups -OCH3 is 2. The minimum atomic E-state index is -0.425. The van der Waals surface area contributed by atoms with Gasteiger partial charge >= 0.3 is 0 Å². The van der Waals surface area contributed by atoms with E-state index in [1.54, 1.807) is 25.3 Å². The van der Waals surface area contributed by atoms with E-state index in [2.05, 4.69) is 0 Å². The van der Waals surface area contributed by atoms with Gasteiger partial charge in [0.25, 0.3) is 0 Å². The maximum Gasteiger partial charge on any atom is 0.166 e. The first-order valence-electron chi connectivity index (χ1n) is 7.25. The van der Waals surface area contributed by atoms with Crippen molar-refractivity contribution < 1.29 is 23.0 Å². The van der Waals surface area contributed by atoms with E-state index in [1.807, 2.05) is 0 Å². The largest absolute Gasteiger partial charge is 0.497 e. The van der Waals surface area contributed by atoms with Crippen LogP contribution in [0.25, 0.3) is 0 Å². The fourth-order valence-electron chi connectivity index (χ4n) is 2.46. The second-order valence-electron chi connectivity index (χ2n) is 5.04. The average Bonchev–Trinajstić information content (AvgIpc) is 2.57. The molecule has 0 atom stereocenters. The van der Waals surface area contributed by atoms with Gasteiger partial charge in [-0.15, -0.1) is 0 Å². The third-order valence-corrected chi connectivity index (χ3v) is 3.60. The molecule has 0 bridgehead atoms. The lowest BCUT2D eigenvalue weighted by Gasteiger charge is -2.17. The van der Waals surface area contributed by atoms with Gasteiger partial charge in [0.05, 0.1) is 19.8 Å². The fourth-order valence-corrected chi connectivity index (χ4v) is 2.46. The standard InChI is InChI=1S/C11H11FO2.C7H7FO/c1-14-10-6-5-8(12)11-7(10)3-2-4-9(11)13;1-9-7-4-2-6(8)3-5-7/h5-6H,2-4H2,1H3;2-5H,1H3. The lowest BCUT2D eigenvalue weighted by molar-refractivity contribution is 0.0967. The Hall–Kier alpha value is -2.43. The molecule has 23 heavy (non-hydrogen) atoms. The van der Waals surface area contributed by atoms with E-state index in [1.165, 1.54) is 25.3 Å². The molecule has 2 aromatic rings. The highest BCUT2D eigenvalue weighted by Gasteiger charge is 2.23. The summed E-state index contributed by atoms with van der Waals surface area (Å²) in [7, 11) is 3.08. The maximum absolute atomic E-state index is 13.4. The van der Waals surface area contributed by atoms with Gasteiger partial charge in [-0.25, -0.2) is 8.78 Å². The van der Waals surface area contributed by atoms with Crippen LogP contribution in [0.3, 0.4) is 0 Å². The summed E-state index contributed by atoms with van der Waals surface area (Å²) in [5.74, 6) is 0.523. The van der Waals surface area contributed by atoms with Crippen LogP contribution in [-0.4, -0.2) is 20.0 Å². The van der Waals surface area contributed by atoms with E-state index in [-0.39, 0.29) is 17.2 Å². The quantitative estimate of drug-likeness (QED) is 0.832. The van der Waals surface area contributed by atoms with E-state index < -0.39 is 5.82 Å². The molecular formula is C18H18F2O3. The Balaban J connectivity index is 0.000000185. The molecule has 0 saturated heterocycles. The number of ether oxygens (including phenoxy) is 2. The zero-order chi connectivity index (χ0) is 16.8. The third-order valence-electron chi connectivity index (χ3n) is 3.60. The Morgan fingerprint density at radius 3 is 2.22 bits per heavy atom. The number of carbonyl (C=O) groups is 1. The van der Waals surface area contributed by atoms with Crippen LogP contribution in [-0.2, 0) is 6.42 Å². The molecule has 5 heteroatoms. The van der Waals surface area contributed by atoms with Gasteiger partial charge in [-0.3, -0.25) is 4.79 Å². The lowest BCUT2D eigenvalue weighted by atomic mass is 9.89. The van der Waals surface area contributed by atoms with Crippen molar-refractivity contribution in [3.8, 4) is 11.5 Å². The molecule has 1 aliphatic rings. The summed E-state index contributed by atoms with van der Waals surface area (Å²) in [6, 6.07) is 8.75. The summed E-state index contributed by atoms with van der Waals surface area (Å²) in [6.45, 7) is 0. The number of ketones is 1. The van der Waals surface area contributed by atoms with Crippen LogP contribution in [0.5, 0.6) is 11.5 Å². The Morgan fingerprint density at radius 1 is 0.913 bits per heavy atom. The normalized spacial score (nSPS) is 12.8. The van der Waals surface area contributed by atoms with Crippen molar-refractivity contribution in [2.75, 3.05) is 14.2 Å². The summed E-state index contributed by atoms with van der Waals surface area (Å²) < 4.78 is 35.4. The first-order valence-corrected chi connectivity index (χ1v) is 7.25. The molecule has 1 aliphatic carbocycles. The van der Waals surface area contributed by atoms with Crippen molar-refractivity contribution >= 4 is 5.78 Å². The number of Topliss-reactive ketones (excluding diaryl/α,β-unsaturated/α-hetero) is 1. The summed E-state index contributed by atoms with van der Waals surface area (Å²) >= 11 is 0. The number of benzene rings is 2. The maximum atomic E-state index is 13.4. The predicted octanol–water partition coefficient (Wildman–Crippen LogP) is 4.19. The Labute approximate surface area is 133 Å². The van der Waals surface area contributed by atoms with Crippen LogP contribution in [0, 0.1) is 11.6 Å². The predicted molar refractivity (Wildman–Crippen MR) is 83.2 cm³/mol. The molecule has 0 radical (unpaired) electrons. The molecule has 0 heterocycles. The Kier molecular flexibility index (Phi) is 5.68. The van der Waals surface area contributed by atoms with Gasteiger partial charge in [0.2, 0.25) is 0 Å². The minimum Gasteiger partial charge on any atom is -0.497 e. The average molecular weight is 320 g/mol. The van der Waals surface area contributed by atoms with E-state index in [0.717, 1.165) is 18.4 Å². The Morgan fingerprint density at radius 2 is 1.61 bits per heavy atom. The smallest absolute Gasteiger partial charge is 0.166 e. The Bertz CT molecular complexity index is 681. The van der Waals surface area contributed by atoms with Gasteiger partial charge in [0, 0.05) is 12.0 Å². The van der Waals surface area contributed by atoms with Crippen LogP contribution >= 0.6 is 0 Å². The van der Waals surface area contributed by atoms with Crippen LogP contribution in [0.2, 0.25) is 0 Å². The number of hydrogen-bond acceptors (Lipinski definition) is 3. The zero-order valence-electron chi connectivity index (χ0n) is 13.1. The topological polar surface area (TPSA) is 35.5 Å². The van der Waals surface area contributed by atoms with E-state index >= 15 is 0 Å². The van der Waals surface area contributed by atoms with Crippen molar-refractivity contribution in [3.63, 3.8) is 0 Å². The van der Waals surface area contributed by atoms with Crippen LogP contribution in [0.4, 0.5) is 8.78 Å². The second kappa shape index (κ2) is 7.72. The van der Waals surface area contributed by atoms with Gasteiger partial charge in [-0.05, 0) is 49.2 Å². The molecule has 0 aromatic heterocycles.